The number of carbonyl (C=O) groups is 4. The molecule has 16 nitrogen and oxygen atoms in total. The van der Waals surface area contributed by atoms with Crippen molar-refractivity contribution >= 4 is 36.2 Å². The van der Waals surface area contributed by atoms with Gasteiger partial charge < -0.3 is 37.9 Å². The van der Waals surface area contributed by atoms with Gasteiger partial charge in [-0.25, -0.2) is 20.4 Å². The van der Waals surface area contributed by atoms with Crippen LogP contribution in [0.15, 0.2) is 83.0 Å². The molecule has 0 aromatic heterocycles. The highest BCUT2D eigenvalue weighted by Crippen LogP contribution is 2.39. The van der Waals surface area contributed by atoms with Crippen molar-refractivity contribution in [3.8, 4) is 46.0 Å². The minimum atomic E-state index is -0.606. The summed E-state index contributed by atoms with van der Waals surface area (Å²) >= 11 is 0. The Bertz CT molecular complexity index is 1900. The lowest BCUT2D eigenvalue weighted by Crippen LogP contribution is -2.17. The normalized spacial score (nSPS) is 10.8. The van der Waals surface area contributed by atoms with E-state index in [0.29, 0.717) is 82.8 Å². The molecule has 0 heterocycles. The van der Waals surface area contributed by atoms with Gasteiger partial charge >= 0.3 is 11.9 Å². The number of ether oxygens (including phenoxy) is 8. The maximum absolute atomic E-state index is 12.7. The van der Waals surface area contributed by atoms with E-state index in [4.69, 9.17) is 37.9 Å². The zero-order valence-corrected chi connectivity index (χ0v) is 33.8. The van der Waals surface area contributed by atoms with Gasteiger partial charge in [-0.05, 0) is 96.8 Å². The zero-order valence-electron chi connectivity index (χ0n) is 33.8. The SMILES string of the molecule is COc1cc(C(=O)Oc2ccc(/C=N/NC(=O)CCCCCCCC(=O)N/N=C/c3ccc(OC(=O)c4cc(OC)c(OC)c(OC)c4)cc3)cc2)cc(OC)c1OC. The van der Waals surface area contributed by atoms with E-state index < -0.39 is 11.9 Å². The lowest BCUT2D eigenvalue weighted by Gasteiger charge is -2.13. The molecule has 0 aliphatic carbocycles. The number of nitrogens with one attached hydrogen (secondary N) is 2. The topological polar surface area (TPSA) is 191 Å². The third-order valence-corrected chi connectivity index (χ3v) is 8.60. The first-order chi connectivity index (χ1) is 28.6. The summed E-state index contributed by atoms with van der Waals surface area (Å²) < 4.78 is 42.7. The van der Waals surface area contributed by atoms with E-state index >= 15 is 0 Å². The molecule has 0 aliphatic heterocycles. The Balaban J connectivity index is 1.07. The highest BCUT2D eigenvalue weighted by Gasteiger charge is 2.20. The smallest absolute Gasteiger partial charge is 0.343 e. The van der Waals surface area contributed by atoms with E-state index in [1.807, 2.05) is 0 Å². The van der Waals surface area contributed by atoms with Crippen LogP contribution in [0.5, 0.6) is 46.0 Å². The predicted molar refractivity (Wildman–Crippen MR) is 219 cm³/mol. The minimum absolute atomic E-state index is 0.208. The lowest BCUT2D eigenvalue weighted by molar-refractivity contribution is -0.121. The van der Waals surface area contributed by atoms with Crippen molar-refractivity contribution in [2.45, 2.75) is 44.9 Å². The number of carbonyl (C=O) groups excluding carboxylic acids is 4. The third-order valence-electron chi connectivity index (χ3n) is 8.60. The largest absolute Gasteiger partial charge is 0.493 e. The molecule has 0 saturated heterocycles. The first-order valence-corrected chi connectivity index (χ1v) is 18.5. The summed E-state index contributed by atoms with van der Waals surface area (Å²) in [4.78, 5) is 49.9. The molecule has 0 atom stereocenters. The molecule has 0 radical (unpaired) electrons. The Morgan fingerprint density at radius 3 is 1.10 bits per heavy atom. The maximum atomic E-state index is 12.7. The summed E-state index contributed by atoms with van der Waals surface area (Å²) in [5, 5.41) is 8.02. The van der Waals surface area contributed by atoms with Crippen LogP contribution in [-0.2, 0) is 9.59 Å². The number of hydrazone groups is 2. The highest BCUT2D eigenvalue weighted by atomic mass is 16.6. The van der Waals surface area contributed by atoms with Crippen LogP contribution in [0.1, 0.15) is 76.8 Å². The Kier molecular flexibility index (Phi) is 17.5. The summed E-state index contributed by atoms with van der Waals surface area (Å²) in [6, 6.07) is 19.3. The summed E-state index contributed by atoms with van der Waals surface area (Å²) in [7, 11) is 8.78. The van der Waals surface area contributed by atoms with Gasteiger partial charge in [0, 0.05) is 12.8 Å². The number of hydrogen-bond donors (Lipinski definition) is 2. The zero-order chi connectivity index (χ0) is 42.6. The van der Waals surface area contributed by atoms with Crippen LogP contribution in [-0.4, -0.2) is 78.8 Å². The van der Waals surface area contributed by atoms with E-state index in [2.05, 4.69) is 21.1 Å². The predicted octanol–water partition coefficient (Wildman–Crippen LogP) is 6.51. The second-order valence-corrected chi connectivity index (χ2v) is 12.6. The first kappa shape index (κ1) is 44.6. The number of unbranched alkanes of at least 4 members (excludes halogenated alkanes) is 4. The van der Waals surface area contributed by atoms with Gasteiger partial charge in [-0.2, -0.15) is 10.2 Å². The Hall–Kier alpha value is -7.10. The number of amides is 2. The van der Waals surface area contributed by atoms with Gasteiger partial charge in [0.05, 0.1) is 66.2 Å². The standard InChI is InChI=1S/C43H48N4O12/c1-52-34-22-30(23-35(53-2)40(34)56-5)42(50)58-32-18-14-28(15-19-32)26-44-46-38(48)12-10-8-7-9-11-13-39(49)47-45-27-29-16-20-33(21-17-29)59-43(51)31-24-36(54-3)41(57-6)37(25-31)55-4/h14-27H,7-13H2,1-6H3,(H,46,48)(H,47,49)/b44-26+,45-27+. The van der Waals surface area contributed by atoms with Crippen LogP contribution in [0.4, 0.5) is 0 Å². The molecule has 2 amide bonds. The highest BCUT2D eigenvalue weighted by molar-refractivity contribution is 5.94. The third kappa shape index (κ3) is 13.5. The minimum Gasteiger partial charge on any atom is -0.493 e. The van der Waals surface area contributed by atoms with Crippen LogP contribution in [0, 0.1) is 0 Å². The van der Waals surface area contributed by atoms with E-state index in [1.54, 1.807) is 48.5 Å². The van der Waals surface area contributed by atoms with Gasteiger partial charge in [-0.3, -0.25) is 9.59 Å². The average molecular weight is 813 g/mol. The van der Waals surface area contributed by atoms with Crippen molar-refractivity contribution in [1.82, 2.24) is 10.9 Å². The van der Waals surface area contributed by atoms with Crippen molar-refractivity contribution in [3.63, 3.8) is 0 Å². The number of benzene rings is 4. The monoisotopic (exact) mass is 812 g/mol. The van der Waals surface area contributed by atoms with Gasteiger partial charge in [-0.15, -0.1) is 0 Å². The van der Waals surface area contributed by atoms with Gasteiger partial charge in [-0.1, -0.05) is 19.3 Å². The fraction of sp³-hybridized carbons (Fsp3) is 0.302. The number of esters is 2. The van der Waals surface area contributed by atoms with E-state index in [-0.39, 0.29) is 22.9 Å². The molecule has 0 bridgehead atoms. The molecule has 4 rings (SSSR count). The van der Waals surface area contributed by atoms with Crippen molar-refractivity contribution in [3.05, 3.63) is 95.1 Å². The molecule has 4 aromatic carbocycles. The quantitative estimate of drug-likeness (QED) is 0.0288. The number of nitrogens with zero attached hydrogens (tertiary/aromatic N) is 2. The molecular weight excluding hydrogens is 764 g/mol. The van der Waals surface area contributed by atoms with Crippen LogP contribution in [0.25, 0.3) is 0 Å². The van der Waals surface area contributed by atoms with Crippen molar-refractivity contribution in [2.24, 2.45) is 10.2 Å². The molecule has 0 spiro atoms. The summed E-state index contributed by atoms with van der Waals surface area (Å²) in [6.45, 7) is 0. The summed E-state index contributed by atoms with van der Waals surface area (Å²) in [5.74, 6) is 1.05. The molecule has 16 heteroatoms. The molecule has 312 valence electrons. The van der Waals surface area contributed by atoms with Gasteiger partial charge in [0.1, 0.15) is 11.5 Å². The fourth-order valence-electron chi connectivity index (χ4n) is 5.54. The molecule has 4 aromatic rings. The fourth-order valence-corrected chi connectivity index (χ4v) is 5.54. The maximum Gasteiger partial charge on any atom is 0.343 e. The van der Waals surface area contributed by atoms with Crippen LogP contribution in [0.2, 0.25) is 0 Å². The number of methoxy groups -OCH3 is 6. The Morgan fingerprint density at radius 2 is 0.797 bits per heavy atom. The van der Waals surface area contributed by atoms with Crippen molar-refractivity contribution in [1.29, 1.82) is 0 Å². The van der Waals surface area contributed by atoms with E-state index in [0.717, 1.165) is 19.3 Å². The lowest BCUT2D eigenvalue weighted by atomic mass is 10.1. The molecule has 59 heavy (non-hydrogen) atoms. The molecular formula is C43H48N4O12. The second kappa shape index (κ2) is 23.2. The van der Waals surface area contributed by atoms with Crippen molar-refractivity contribution < 1.29 is 57.1 Å². The molecule has 0 saturated carbocycles. The number of hydrogen-bond acceptors (Lipinski definition) is 14. The van der Waals surface area contributed by atoms with Gasteiger partial charge in [0.25, 0.3) is 0 Å². The van der Waals surface area contributed by atoms with Gasteiger partial charge in [0.2, 0.25) is 23.3 Å². The van der Waals surface area contributed by atoms with Crippen LogP contribution >= 0.6 is 0 Å². The second-order valence-electron chi connectivity index (χ2n) is 12.6. The number of rotatable bonds is 22. The molecule has 2 N–H and O–H groups in total. The van der Waals surface area contributed by atoms with Gasteiger partial charge in [0.15, 0.2) is 23.0 Å². The van der Waals surface area contributed by atoms with Crippen molar-refractivity contribution in [2.75, 3.05) is 42.7 Å². The molecule has 0 unspecified atom stereocenters. The summed E-state index contributed by atoms with van der Waals surface area (Å²) in [5.41, 5.74) is 6.86. The first-order valence-electron chi connectivity index (χ1n) is 18.5. The van der Waals surface area contributed by atoms with Crippen LogP contribution in [0.3, 0.4) is 0 Å². The summed E-state index contributed by atoms with van der Waals surface area (Å²) in [6.07, 6.45) is 7.54. The Morgan fingerprint density at radius 1 is 0.475 bits per heavy atom. The average Bonchev–Trinajstić information content (AvgIpc) is 3.25. The molecule has 0 aliphatic rings. The molecule has 0 fully saturated rings. The van der Waals surface area contributed by atoms with E-state index in [1.165, 1.54) is 79.4 Å². The Labute approximate surface area is 342 Å². The van der Waals surface area contributed by atoms with E-state index in [9.17, 15) is 19.2 Å². The van der Waals surface area contributed by atoms with Crippen LogP contribution < -0.4 is 48.7 Å².